The molecule has 2 aromatic heterocycles. The fraction of sp³-hybridized carbons (Fsp3) is 0.353. The molecule has 22 heavy (non-hydrogen) atoms. The maximum atomic E-state index is 11.3. The Morgan fingerprint density at radius 2 is 1.86 bits per heavy atom. The van der Waals surface area contributed by atoms with Crippen molar-refractivity contribution < 1.29 is 0 Å². The largest absolute Gasteiger partial charge is 0.290 e. The highest BCUT2D eigenvalue weighted by Gasteiger charge is 2.08. The van der Waals surface area contributed by atoms with E-state index in [2.05, 4.69) is 53.3 Å². The van der Waals surface area contributed by atoms with E-state index in [4.69, 9.17) is 0 Å². The molecular formula is C17H22N4O. The average Bonchev–Trinajstić information content (AvgIpc) is 2.86. The van der Waals surface area contributed by atoms with Crippen molar-refractivity contribution in [3.63, 3.8) is 0 Å². The minimum Gasteiger partial charge on any atom is -0.290 e. The third-order valence-electron chi connectivity index (χ3n) is 3.76. The molecule has 1 N–H and O–H groups in total. The minimum atomic E-state index is -0.0996. The van der Waals surface area contributed by atoms with Crippen molar-refractivity contribution in [2.75, 3.05) is 0 Å². The molecule has 5 heteroatoms. The van der Waals surface area contributed by atoms with Crippen LogP contribution in [0.25, 0.3) is 5.78 Å². The molecule has 0 aliphatic heterocycles. The molecule has 0 aliphatic carbocycles. The van der Waals surface area contributed by atoms with Crippen molar-refractivity contribution in [2.45, 2.75) is 41.0 Å². The van der Waals surface area contributed by atoms with Gasteiger partial charge in [-0.25, -0.2) is 0 Å². The van der Waals surface area contributed by atoms with Crippen molar-refractivity contribution >= 4 is 5.78 Å². The second kappa shape index (κ2) is 6.56. The first-order chi connectivity index (χ1) is 10.4. The maximum absolute atomic E-state index is 11.3. The van der Waals surface area contributed by atoms with Crippen LogP contribution in [0.15, 0.2) is 29.1 Å². The minimum absolute atomic E-state index is 0.0996. The van der Waals surface area contributed by atoms with Crippen LogP contribution in [0.4, 0.5) is 0 Å². The van der Waals surface area contributed by atoms with E-state index in [-0.39, 0.29) is 5.56 Å². The van der Waals surface area contributed by atoms with Crippen LogP contribution >= 0.6 is 0 Å². The molecule has 0 radical (unpaired) electrons. The van der Waals surface area contributed by atoms with Crippen molar-refractivity contribution in [3.05, 3.63) is 62.8 Å². The van der Waals surface area contributed by atoms with Gasteiger partial charge in [0.25, 0.3) is 5.56 Å². The topological polar surface area (TPSA) is 63.1 Å². The molecule has 0 amide bonds. The van der Waals surface area contributed by atoms with E-state index in [1.165, 1.54) is 11.1 Å². The Balaban J connectivity index is 0.000000172. The van der Waals surface area contributed by atoms with Gasteiger partial charge < -0.3 is 0 Å². The summed E-state index contributed by atoms with van der Waals surface area (Å²) in [6.07, 6.45) is 1.14. The van der Waals surface area contributed by atoms with E-state index in [1.807, 2.05) is 18.2 Å². The number of aromatic amines is 1. The molecule has 1 aromatic carbocycles. The molecule has 0 atom stereocenters. The van der Waals surface area contributed by atoms with E-state index in [1.54, 1.807) is 6.92 Å². The van der Waals surface area contributed by atoms with Crippen LogP contribution in [0.3, 0.4) is 0 Å². The highest BCUT2D eigenvalue weighted by molar-refractivity contribution is 5.33. The number of H-pyrrole nitrogens is 1. The lowest BCUT2D eigenvalue weighted by Gasteiger charge is -2.02. The SMILES string of the molecule is CCc1cccc(C)c1.Cc1c(C)n2c(C)nnc2[nH]c1=O. The first kappa shape index (κ1) is 15.9. The fourth-order valence-corrected chi connectivity index (χ4v) is 2.30. The summed E-state index contributed by atoms with van der Waals surface area (Å²) in [5, 5.41) is 7.72. The number of nitrogens with one attached hydrogen (secondary N) is 1. The highest BCUT2D eigenvalue weighted by atomic mass is 16.1. The molecule has 2 heterocycles. The normalized spacial score (nSPS) is 10.4. The number of hydrogen-bond acceptors (Lipinski definition) is 3. The predicted molar refractivity (Wildman–Crippen MR) is 88.4 cm³/mol. The molecule has 0 spiro atoms. The summed E-state index contributed by atoms with van der Waals surface area (Å²) in [5.41, 5.74) is 4.28. The zero-order chi connectivity index (χ0) is 16.3. The van der Waals surface area contributed by atoms with Crippen LogP contribution < -0.4 is 5.56 Å². The Kier molecular flexibility index (Phi) is 4.75. The molecule has 3 aromatic rings. The molecule has 0 saturated carbocycles. The molecule has 0 aliphatic rings. The number of fused-ring (bicyclic) bond motifs is 1. The summed E-state index contributed by atoms with van der Waals surface area (Å²) in [4.78, 5) is 14.0. The van der Waals surface area contributed by atoms with Crippen LogP contribution in [0, 0.1) is 27.7 Å². The Labute approximate surface area is 130 Å². The second-order valence-corrected chi connectivity index (χ2v) is 5.41. The van der Waals surface area contributed by atoms with Gasteiger partial charge in [-0.15, -0.1) is 10.2 Å². The Bertz CT molecular complexity index is 845. The van der Waals surface area contributed by atoms with Gasteiger partial charge in [-0.1, -0.05) is 36.8 Å². The molecule has 0 saturated heterocycles. The van der Waals surface area contributed by atoms with Crippen LogP contribution in [-0.4, -0.2) is 19.6 Å². The van der Waals surface area contributed by atoms with Crippen molar-refractivity contribution in [1.82, 2.24) is 19.6 Å². The number of aryl methyl sites for hydroxylation is 4. The van der Waals surface area contributed by atoms with Gasteiger partial charge in [0.05, 0.1) is 0 Å². The van der Waals surface area contributed by atoms with Gasteiger partial charge >= 0.3 is 0 Å². The Morgan fingerprint density at radius 1 is 1.14 bits per heavy atom. The standard InChI is InChI=1S/C9H12.C8H10N4O/c1-3-9-6-4-5-8(2)7-9;1-4-5(2)12-6(3)10-11-8(12)9-7(4)13/h4-7H,3H2,1-2H3;1-3H3,(H,9,11,13). The molecule has 0 unspecified atom stereocenters. The first-order valence-corrected chi connectivity index (χ1v) is 7.40. The Morgan fingerprint density at radius 3 is 2.45 bits per heavy atom. The summed E-state index contributed by atoms with van der Waals surface area (Å²) in [5.74, 6) is 1.29. The van der Waals surface area contributed by atoms with Crippen LogP contribution in [0.5, 0.6) is 0 Å². The number of hydrogen-bond donors (Lipinski definition) is 1. The van der Waals surface area contributed by atoms with E-state index < -0.39 is 0 Å². The summed E-state index contributed by atoms with van der Waals surface area (Å²) in [7, 11) is 0. The smallest absolute Gasteiger partial charge is 0.255 e. The van der Waals surface area contributed by atoms with Gasteiger partial charge in [0.15, 0.2) is 0 Å². The lowest BCUT2D eigenvalue weighted by molar-refractivity contribution is 0.941. The monoisotopic (exact) mass is 298 g/mol. The van der Waals surface area contributed by atoms with Gasteiger partial charge in [-0.05, 0) is 39.7 Å². The summed E-state index contributed by atoms with van der Waals surface area (Å²) in [6, 6.07) is 8.61. The lowest BCUT2D eigenvalue weighted by atomic mass is 10.1. The van der Waals surface area contributed by atoms with Gasteiger partial charge in [0, 0.05) is 11.3 Å². The first-order valence-electron chi connectivity index (χ1n) is 7.40. The van der Waals surface area contributed by atoms with Gasteiger partial charge in [0.1, 0.15) is 5.82 Å². The number of benzene rings is 1. The molecule has 3 rings (SSSR count). The molecule has 116 valence electrons. The fourth-order valence-electron chi connectivity index (χ4n) is 2.30. The van der Waals surface area contributed by atoms with Crippen LogP contribution in [0.1, 0.15) is 35.1 Å². The third kappa shape index (κ3) is 3.24. The molecule has 5 nitrogen and oxygen atoms in total. The van der Waals surface area contributed by atoms with Crippen LogP contribution in [-0.2, 0) is 6.42 Å². The molecule has 0 bridgehead atoms. The van der Waals surface area contributed by atoms with Crippen molar-refractivity contribution in [3.8, 4) is 0 Å². The van der Waals surface area contributed by atoms with Crippen LogP contribution in [0.2, 0.25) is 0 Å². The maximum Gasteiger partial charge on any atom is 0.255 e. The molecular weight excluding hydrogens is 276 g/mol. The van der Waals surface area contributed by atoms with Gasteiger partial charge in [0.2, 0.25) is 5.78 Å². The zero-order valence-corrected chi connectivity index (χ0v) is 13.8. The summed E-state index contributed by atoms with van der Waals surface area (Å²) in [6.45, 7) is 9.82. The zero-order valence-electron chi connectivity index (χ0n) is 13.8. The predicted octanol–water partition coefficient (Wildman–Crippen LogP) is 2.90. The van der Waals surface area contributed by atoms with E-state index in [9.17, 15) is 4.79 Å². The van der Waals surface area contributed by atoms with Gasteiger partial charge in [-0.3, -0.25) is 14.2 Å². The number of rotatable bonds is 1. The van der Waals surface area contributed by atoms with E-state index in [0.717, 1.165) is 17.9 Å². The Hall–Kier alpha value is -2.43. The highest BCUT2D eigenvalue weighted by Crippen LogP contribution is 2.05. The summed E-state index contributed by atoms with van der Waals surface area (Å²) < 4.78 is 1.83. The second-order valence-electron chi connectivity index (χ2n) is 5.41. The van der Waals surface area contributed by atoms with Crippen molar-refractivity contribution in [1.29, 1.82) is 0 Å². The average molecular weight is 298 g/mol. The van der Waals surface area contributed by atoms with E-state index >= 15 is 0 Å². The third-order valence-corrected chi connectivity index (χ3v) is 3.76. The van der Waals surface area contributed by atoms with Gasteiger partial charge in [-0.2, -0.15) is 0 Å². The number of nitrogens with zero attached hydrogens (tertiary/aromatic N) is 3. The molecule has 0 fully saturated rings. The number of aromatic nitrogens is 4. The summed E-state index contributed by atoms with van der Waals surface area (Å²) >= 11 is 0. The van der Waals surface area contributed by atoms with E-state index in [0.29, 0.717) is 11.3 Å². The van der Waals surface area contributed by atoms with Crippen molar-refractivity contribution in [2.24, 2.45) is 0 Å². The quantitative estimate of drug-likeness (QED) is 0.751. The lowest BCUT2D eigenvalue weighted by Crippen LogP contribution is -2.15.